The molecule has 7 nitrogen and oxygen atoms in total. The first kappa shape index (κ1) is 21.5. The fraction of sp³-hybridized carbons (Fsp3) is 0.632. The Kier molecular flexibility index (Phi) is 7.49. The third-order valence-electron chi connectivity index (χ3n) is 4.76. The van der Waals surface area contributed by atoms with Crippen LogP contribution in [0, 0.1) is 11.8 Å². The predicted octanol–water partition coefficient (Wildman–Crippen LogP) is 2.27. The van der Waals surface area contributed by atoms with E-state index in [1.807, 2.05) is 0 Å². The zero-order valence-electron chi connectivity index (χ0n) is 16.5. The van der Waals surface area contributed by atoms with Crippen LogP contribution in [0.15, 0.2) is 23.1 Å². The molecule has 0 radical (unpaired) electrons. The topological polar surface area (TPSA) is 84.9 Å². The Labute approximate surface area is 162 Å². The van der Waals surface area contributed by atoms with Crippen LogP contribution in [0.5, 0.6) is 11.5 Å². The molecule has 1 heterocycles. The second kappa shape index (κ2) is 9.41. The van der Waals surface area contributed by atoms with Crippen LogP contribution in [-0.4, -0.2) is 52.5 Å². The summed E-state index contributed by atoms with van der Waals surface area (Å²) >= 11 is 0. The molecule has 0 aromatic heterocycles. The minimum absolute atomic E-state index is 0.0604. The van der Waals surface area contributed by atoms with E-state index in [-0.39, 0.29) is 29.0 Å². The first-order valence-electron chi connectivity index (χ1n) is 9.29. The van der Waals surface area contributed by atoms with Gasteiger partial charge in [0.2, 0.25) is 15.9 Å². The van der Waals surface area contributed by atoms with Gasteiger partial charge in [-0.05, 0) is 37.3 Å². The Balaban J connectivity index is 2.16. The molecule has 1 saturated heterocycles. The normalized spacial score (nSPS) is 18.3. The number of ether oxygens (including phenoxy) is 2. The molecule has 2 rings (SSSR count). The van der Waals surface area contributed by atoms with E-state index in [4.69, 9.17) is 9.47 Å². The molecule has 1 fully saturated rings. The van der Waals surface area contributed by atoms with Crippen LogP contribution in [0.4, 0.5) is 0 Å². The molecule has 0 bridgehead atoms. The summed E-state index contributed by atoms with van der Waals surface area (Å²) in [5.41, 5.74) is 0. The highest BCUT2D eigenvalue weighted by Crippen LogP contribution is 2.32. The van der Waals surface area contributed by atoms with Crippen LogP contribution < -0.4 is 14.8 Å². The summed E-state index contributed by atoms with van der Waals surface area (Å²) in [6, 6.07) is 4.69. The Bertz CT molecular complexity index is 748. The molecule has 1 unspecified atom stereocenters. The van der Waals surface area contributed by atoms with E-state index in [9.17, 15) is 13.2 Å². The summed E-state index contributed by atoms with van der Waals surface area (Å²) < 4.78 is 38.1. The summed E-state index contributed by atoms with van der Waals surface area (Å²) in [4.78, 5) is 12.5. The standard InChI is InChI=1S/C19H30N2O5S/c1-14(2)9-10-20-19(22)15-6-5-11-21(13-15)27(23,24)18-12-16(25-3)7-8-17(18)26-4/h7-8,12,14-15H,5-6,9-11,13H2,1-4H3,(H,20,22). The molecule has 1 aliphatic rings. The number of benzene rings is 1. The average Bonchev–Trinajstić information content (AvgIpc) is 2.67. The molecule has 0 aliphatic carbocycles. The number of carbonyl (C=O) groups is 1. The lowest BCUT2D eigenvalue weighted by Crippen LogP contribution is -2.45. The Morgan fingerprint density at radius 2 is 2.04 bits per heavy atom. The van der Waals surface area contributed by atoms with Gasteiger partial charge in [0.05, 0.1) is 20.1 Å². The number of amides is 1. The first-order valence-corrected chi connectivity index (χ1v) is 10.7. The van der Waals surface area contributed by atoms with Crippen molar-refractivity contribution in [2.75, 3.05) is 33.9 Å². The largest absolute Gasteiger partial charge is 0.497 e. The average molecular weight is 399 g/mol. The van der Waals surface area contributed by atoms with Crippen molar-refractivity contribution in [3.05, 3.63) is 18.2 Å². The number of nitrogens with one attached hydrogen (secondary N) is 1. The van der Waals surface area contributed by atoms with Crippen molar-refractivity contribution < 1.29 is 22.7 Å². The van der Waals surface area contributed by atoms with Gasteiger partial charge in [0, 0.05) is 25.7 Å². The van der Waals surface area contributed by atoms with Crippen molar-refractivity contribution >= 4 is 15.9 Å². The number of sulfonamides is 1. The Morgan fingerprint density at radius 3 is 2.67 bits per heavy atom. The molecule has 1 aliphatic heterocycles. The SMILES string of the molecule is COc1ccc(OC)c(S(=O)(=O)N2CCCC(C(=O)NCCC(C)C)C2)c1. The van der Waals surface area contributed by atoms with Crippen molar-refractivity contribution in [1.29, 1.82) is 0 Å². The zero-order valence-corrected chi connectivity index (χ0v) is 17.3. The van der Waals surface area contributed by atoms with Gasteiger partial charge < -0.3 is 14.8 Å². The Morgan fingerprint density at radius 1 is 1.30 bits per heavy atom. The van der Waals surface area contributed by atoms with Crippen molar-refractivity contribution in [3.8, 4) is 11.5 Å². The fourth-order valence-corrected chi connectivity index (χ4v) is 4.82. The molecule has 8 heteroatoms. The van der Waals surface area contributed by atoms with E-state index in [1.165, 1.54) is 24.6 Å². The molecule has 1 atom stereocenters. The number of carbonyl (C=O) groups excluding carboxylic acids is 1. The maximum atomic E-state index is 13.2. The van der Waals surface area contributed by atoms with Crippen LogP contribution in [0.3, 0.4) is 0 Å². The van der Waals surface area contributed by atoms with Crippen molar-refractivity contribution in [2.24, 2.45) is 11.8 Å². The number of piperidine rings is 1. The second-order valence-electron chi connectivity index (χ2n) is 7.19. The maximum Gasteiger partial charge on any atom is 0.246 e. The second-order valence-corrected chi connectivity index (χ2v) is 9.10. The van der Waals surface area contributed by atoms with Crippen LogP contribution in [0.2, 0.25) is 0 Å². The molecule has 1 N–H and O–H groups in total. The molecule has 1 aromatic carbocycles. The van der Waals surface area contributed by atoms with E-state index in [1.54, 1.807) is 12.1 Å². The summed E-state index contributed by atoms with van der Waals surface area (Å²) in [6.07, 6.45) is 2.24. The number of hydrogen-bond donors (Lipinski definition) is 1. The van der Waals surface area contributed by atoms with Gasteiger partial charge in [-0.15, -0.1) is 0 Å². The number of nitrogens with zero attached hydrogens (tertiary/aromatic N) is 1. The van der Waals surface area contributed by atoms with E-state index in [0.717, 1.165) is 6.42 Å². The van der Waals surface area contributed by atoms with Gasteiger partial charge in [0.15, 0.2) is 0 Å². The number of methoxy groups -OCH3 is 2. The highest BCUT2D eigenvalue weighted by atomic mass is 32.2. The van der Waals surface area contributed by atoms with Gasteiger partial charge in [-0.25, -0.2) is 8.42 Å². The summed E-state index contributed by atoms with van der Waals surface area (Å²) in [7, 11) is -0.874. The van der Waals surface area contributed by atoms with Gasteiger partial charge in [0.1, 0.15) is 16.4 Å². The van der Waals surface area contributed by atoms with Crippen molar-refractivity contribution in [2.45, 2.75) is 38.0 Å². The van der Waals surface area contributed by atoms with Crippen LogP contribution in [0.25, 0.3) is 0 Å². The summed E-state index contributed by atoms with van der Waals surface area (Å²) in [5, 5.41) is 2.93. The monoisotopic (exact) mass is 398 g/mol. The van der Waals surface area contributed by atoms with Gasteiger partial charge in [-0.3, -0.25) is 4.79 Å². The van der Waals surface area contributed by atoms with Crippen LogP contribution >= 0.6 is 0 Å². The Hall–Kier alpha value is -1.80. The molecular formula is C19H30N2O5S. The van der Waals surface area contributed by atoms with Crippen molar-refractivity contribution in [1.82, 2.24) is 9.62 Å². The van der Waals surface area contributed by atoms with Crippen LogP contribution in [-0.2, 0) is 14.8 Å². The molecule has 1 aromatic rings. The minimum Gasteiger partial charge on any atom is -0.497 e. The van der Waals surface area contributed by atoms with Gasteiger partial charge >= 0.3 is 0 Å². The highest BCUT2D eigenvalue weighted by Gasteiger charge is 2.35. The molecule has 27 heavy (non-hydrogen) atoms. The smallest absolute Gasteiger partial charge is 0.246 e. The molecular weight excluding hydrogens is 368 g/mol. The summed E-state index contributed by atoms with van der Waals surface area (Å²) in [5.74, 6) is 0.799. The molecule has 0 spiro atoms. The summed E-state index contributed by atoms with van der Waals surface area (Å²) in [6.45, 7) is 5.38. The quantitative estimate of drug-likeness (QED) is 0.726. The van der Waals surface area contributed by atoms with E-state index in [2.05, 4.69) is 19.2 Å². The van der Waals surface area contributed by atoms with Crippen molar-refractivity contribution in [3.63, 3.8) is 0 Å². The van der Waals surface area contributed by atoms with E-state index in [0.29, 0.717) is 37.6 Å². The number of rotatable bonds is 8. The lowest BCUT2D eigenvalue weighted by atomic mass is 9.98. The van der Waals surface area contributed by atoms with E-state index >= 15 is 0 Å². The highest BCUT2D eigenvalue weighted by molar-refractivity contribution is 7.89. The third kappa shape index (κ3) is 5.35. The molecule has 0 saturated carbocycles. The van der Waals surface area contributed by atoms with Gasteiger partial charge in [-0.1, -0.05) is 13.8 Å². The predicted molar refractivity (Wildman–Crippen MR) is 103 cm³/mol. The number of hydrogen-bond acceptors (Lipinski definition) is 5. The molecule has 1 amide bonds. The van der Waals surface area contributed by atoms with Crippen LogP contribution in [0.1, 0.15) is 33.1 Å². The van der Waals surface area contributed by atoms with Gasteiger partial charge in [-0.2, -0.15) is 4.31 Å². The minimum atomic E-state index is -3.79. The first-order chi connectivity index (χ1) is 12.8. The lowest BCUT2D eigenvalue weighted by molar-refractivity contribution is -0.126. The third-order valence-corrected chi connectivity index (χ3v) is 6.65. The van der Waals surface area contributed by atoms with Gasteiger partial charge in [0.25, 0.3) is 0 Å². The molecule has 152 valence electrons. The zero-order chi connectivity index (χ0) is 20.0. The lowest BCUT2D eigenvalue weighted by Gasteiger charge is -2.31. The fourth-order valence-electron chi connectivity index (χ4n) is 3.13. The maximum absolute atomic E-state index is 13.2. The van der Waals surface area contributed by atoms with E-state index < -0.39 is 10.0 Å².